The molecule has 1 saturated heterocycles. The predicted octanol–water partition coefficient (Wildman–Crippen LogP) is 4.76. The number of imide groups is 2. The Labute approximate surface area is 216 Å². The second-order valence-corrected chi connectivity index (χ2v) is 8.06. The van der Waals surface area contributed by atoms with Crippen LogP contribution in [0, 0.1) is 0 Å². The van der Waals surface area contributed by atoms with Crippen molar-refractivity contribution in [3.8, 4) is 22.8 Å². The number of nitrogens with zero attached hydrogens (tertiary/aromatic N) is 1. The molecule has 37 heavy (non-hydrogen) atoms. The smallest absolute Gasteiger partial charge is 0.337 e. The zero-order valence-corrected chi connectivity index (χ0v) is 20.5. The molecule has 1 aliphatic heterocycles. The van der Waals surface area contributed by atoms with Crippen molar-refractivity contribution < 1.29 is 38.2 Å². The van der Waals surface area contributed by atoms with Crippen molar-refractivity contribution in [1.82, 2.24) is 5.32 Å². The third-order valence-electron chi connectivity index (χ3n) is 5.28. The van der Waals surface area contributed by atoms with Crippen LogP contribution in [0.2, 0.25) is 5.02 Å². The summed E-state index contributed by atoms with van der Waals surface area (Å²) in [5, 5.41) is 11.3. The van der Waals surface area contributed by atoms with E-state index in [4.69, 9.17) is 30.6 Å². The molecule has 0 aliphatic carbocycles. The van der Waals surface area contributed by atoms with E-state index in [2.05, 4.69) is 5.32 Å². The number of amides is 4. The van der Waals surface area contributed by atoms with Crippen LogP contribution in [0.3, 0.4) is 0 Å². The number of hydrogen-bond acceptors (Lipinski definition) is 7. The Kier molecular flexibility index (Phi) is 7.30. The minimum absolute atomic E-state index is 0.0247. The maximum Gasteiger partial charge on any atom is 0.337 e. The molecule has 0 saturated carbocycles. The van der Waals surface area contributed by atoms with Gasteiger partial charge in [0.15, 0.2) is 0 Å². The molecule has 0 radical (unpaired) electrons. The number of furan rings is 1. The van der Waals surface area contributed by atoms with Gasteiger partial charge in [-0.25, -0.2) is 14.5 Å². The lowest BCUT2D eigenvalue weighted by Crippen LogP contribution is -2.54. The van der Waals surface area contributed by atoms with Gasteiger partial charge in [-0.05, 0) is 56.3 Å². The number of carbonyl (C=O) groups excluding carboxylic acids is 3. The van der Waals surface area contributed by atoms with E-state index in [1.165, 1.54) is 36.4 Å². The van der Waals surface area contributed by atoms with Crippen molar-refractivity contribution in [2.24, 2.45) is 0 Å². The number of rotatable bonds is 8. The van der Waals surface area contributed by atoms with Gasteiger partial charge in [-0.2, -0.15) is 0 Å². The van der Waals surface area contributed by atoms with Gasteiger partial charge in [0.25, 0.3) is 11.8 Å². The number of carboxylic acids is 1. The van der Waals surface area contributed by atoms with Crippen LogP contribution in [0.15, 0.2) is 58.5 Å². The van der Waals surface area contributed by atoms with Gasteiger partial charge < -0.3 is 19.0 Å². The summed E-state index contributed by atoms with van der Waals surface area (Å²) in [4.78, 5) is 50.6. The van der Waals surface area contributed by atoms with E-state index in [1.807, 2.05) is 0 Å². The zero-order chi connectivity index (χ0) is 26.7. The molecule has 0 spiro atoms. The van der Waals surface area contributed by atoms with Gasteiger partial charge in [0.05, 0.1) is 29.5 Å². The Bertz CT molecular complexity index is 1440. The first-order valence-electron chi connectivity index (χ1n) is 11.2. The highest BCUT2D eigenvalue weighted by molar-refractivity contribution is 6.39. The summed E-state index contributed by atoms with van der Waals surface area (Å²) in [7, 11) is 0. The van der Waals surface area contributed by atoms with E-state index in [-0.39, 0.29) is 40.0 Å². The van der Waals surface area contributed by atoms with Gasteiger partial charge in [-0.3, -0.25) is 14.9 Å². The second-order valence-electron chi connectivity index (χ2n) is 7.66. The summed E-state index contributed by atoms with van der Waals surface area (Å²) in [5.41, 5.74) is 0.198. The Morgan fingerprint density at radius 2 is 1.81 bits per heavy atom. The number of nitrogens with one attached hydrogen (secondary N) is 1. The Morgan fingerprint density at radius 1 is 1.05 bits per heavy atom. The lowest BCUT2D eigenvalue weighted by molar-refractivity contribution is -0.122. The number of barbiturate groups is 1. The largest absolute Gasteiger partial charge is 0.494 e. The standard InChI is InChI=1S/C26H21ClN2O8/c1-3-35-15-6-10-22(36-4-2)20(13-15)29-24(31)18(23(30)28-26(29)34)12-16-7-9-21(37-16)14-5-8-17(25(32)33)19(27)11-14/h5-13H,3-4H2,1-2H3,(H,32,33)(H,28,30,34)/b18-12+. The first-order chi connectivity index (χ1) is 17.7. The second kappa shape index (κ2) is 10.6. The van der Waals surface area contributed by atoms with Crippen LogP contribution in [0.1, 0.15) is 30.0 Å². The molecule has 11 heteroatoms. The maximum atomic E-state index is 13.4. The Morgan fingerprint density at radius 3 is 2.49 bits per heavy atom. The van der Waals surface area contributed by atoms with E-state index in [0.29, 0.717) is 23.7 Å². The minimum atomic E-state index is -1.17. The molecule has 0 atom stereocenters. The molecule has 1 aromatic heterocycles. The van der Waals surface area contributed by atoms with E-state index < -0.39 is 23.8 Å². The molecule has 2 heterocycles. The van der Waals surface area contributed by atoms with Gasteiger partial charge >= 0.3 is 12.0 Å². The highest BCUT2D eigenvalue weighted by Crippen LogP contribution is 2.35. The topological polar surface area (TPSA) is 135 Å². The molecule has 4 rings (SSSR count). The summed E-state index contributed by atoms with van der Waals surface area (Å²) in [6, 6.07) is 11.1. The highest BCUT2D eigenvalue weighted by Gasteiger charge is 2.38. The molecule has 4 amide bonds. The summed E-state index contributed by atoms with van der Waals surface area (Å²) >= 11 is 6.04. The zero-order valence-electron chi connectivity index (χ0n) is 19.7. The molecule has 0 bridgehead atoms. The average molecular weight is 525 g/mol. The van der Waals surface area contributed by atoms with Gasteiger partial charge in [0, 0.05) is 11.6 Å². The van der Waals surface area contributed by atoms with Gasteiger partial charge in [-0.15, -0.1) is 0 Å². The number of carbonyl (C=O) groups is 4. The number of carboxylic acid groups (broad SMARTS) is 1. The monoisotopic (exact) mass is 524 g/mol. The Hall–Kier alpha value is -4.57. The van der Waals surface area contributed by atoms with Crippen molar-refractivity contribution in [3.05, 3.63) is 70.5 Å². The van der Waals surface area contributed by atoms with Gasteiger partial charge in [0.2, 0.25) is 0 Å². The van der Waals surface area contributed by atoms with E-state index in [0.717, 1.165) is 4.90 Å². The SMILES string of the molecule is CCOc1ccc(OCC)c(N2C(=O)NC(=O)/C(=C\c3ccc(-c4ccc(C(=O)O)c(Cl)c4)o3)C2=O)c1. The van der Waals surface area contributed by atoms with E-state index in [1.54, 1.807) is 32.0 Å². The number of anilines is 1. The van der Waals surface area contributed by atoms with Crippen molar-refractivity contribution in [2.45, 2.75) is 13.8 Å². The van der Waals surface area contributed by atoms with Crippen molar-refractivity contribution >= 4 is 47.2 Å². The molecule has 3 aromatic rings. The average Bonchev–Trinajstić information content (AvgIpc) is 3.32. The molecule has 10 nitrogen and oxygen atoms in total. The molecular formula is C26H21ClN2O8. The first kappa shape index (κ1) is 25.5. The summed E-state index contributed by atoms with van der Waals surface area (Å²) in [6.45, 7) is 4.19. The van der Waals surface area contributed by atoms with Crippen molar-refractivity contribution in [2.75, 3.05) is 18.1 Å². The minimum Gasteiger partial charge on any atom is -0.494 e. The first-order valence-corrected chi connectivity index (χ1v) is 11.6. The van der Waals surface area contributed by atoms with Crippen LogP contribution in [0.4, 0.5) is 10.5 Å². The van der Waals surface area contributed by atoms with E-state index >= 15 is 0 Å². The number of hydrogen-bond donors (Lipinski definition) is 2. The molecule has 1 fully saturated rings. The normalized spacial score (nSPS) is 14.6. The van der Waals surface area contributed by atoms with Crippen LogP contribution >= 0.6 is 11.6 Å². The molecule has 2 aromatic carbocycles. The number of urea groups is 1. The lowest BCUT2D eigenvalue weighted by Gasteiger charge is -2.28. The number of ether oxygens (including phenoxy) is 2. The fourth-order valence-corrected chi connectivity index (χ4v) is 3.91. The number of benzene rings is 2. The molecular weight excluding hydrogens is 504 g/mol. The lowest BCUT2D eigenvalue weighted by atomic mass is 10.1. The summed E-state index contributed by atoms with van der Waals surface area (Å²) in [5.74, 6) is -1.80. The highest BCUT2D eigenvalue weighted by atomic mass is 35.5. The van der Waals surface area contributed by atoms with E-state index in [9.17, 15) is 19.2 Å². The van der Waals surface area contributed by atoms with Crippen molar-refractivity contribution in [1.29, 1.82) is 0 Å². The molecule has 2 N–H and O–H groups in total. The van der Waals surface area contributed by atoms with Crippen molar-refractivity contribution in [3.63, 3.8) is 0 Å². The fourth-order valence-electron chi connectivity index (χ4n) is 3.65. The molecule has 190 valence electrons. The van der Waals surface area contributed by atoms with Crippen LogP contribution in [0.5, 0.6) is 11.5 Å². The number of aromatic carboxylic acids is 1. The summed E-state index contributed by atoms with van der Waals surface area (Å²) < 4.78 is 16.8. The fraction of sp³-hybridized carbons (Fsp3) is 0.154. The van der Waals surface area contributed by atoms with Gasteiger partial charge in [-0.1, -0.05) is 17.7 Å². The quantitative estimate of drug-likeness (QED) is 0.318. The molecule has 0 unspecified atom stereocenters. The summed E-state index contributed by atoms with van der Waals surface area (Å²) in [6.07, 6.45) is 1.21. The third kappa shape index (κ3) is 5.19. The van der Waals surface area contributed by atoms with Crippen LogP contribution in [-0.4, -0.2) is 42.1 Å². The van der Waals surface area contributed by atoms with Crippen LogP contribution < -0.4 is 19.7 Å². The predicted molar refractivity (Wildman–Crippen MR) is 134 cm³/mol. The molecule has 1 aliphatic rings. The van der Waals surface area contributed by atoms with Gasteiger partial charge in [0.1, 0.15) is 28.6 Å². The van der Waals surface area contributed by atoms with Crippen LogP contribution in [0.25, 0.3) is 17.4 Å². The number of halogens is 1. The third-order valence-corrected chi connectivity index (χ3v) is 5.59. The maximum absolute atomic E-state index is 13.4. The van der Waals surface area contributed by atoms with Crippen LogP contribution in [-0.2, 0) is 9.59 Å². The Balaban J connectivity index is 1.69.